The molecule has 6 nitrogen and oxygen atoms in total. The summed E-state index contributed by atoms with van der Waals surface area (Å²) in [6.07, 6.45) is 2.18. The molecule has 0 aliphatic heterocycles. The third-order valence-corrected chi connectivity index (χ3v) is 4.91. The number of hydrogen-bond donors (Lipinski definition) is 1. The standard InChI is InChI=1S/C20H25NO5/c1-12-7-6-10-14(13(12)2)17(11-18(22)26-3)21-19(23)15-8-4-5-9-16(15)20(24)25/h6-7,10,17H,4-5,8-9,11H2,1-3H3,(H,21,23)(H,24,25)/p-1/t17-/m0/s1. The second-order valence-electron chi connectivity index (χ2n) is 6.55. The maximum absolute atomic E-state index is 12.8. The van der Waals surface area contributed by atoms with E-state index in [1.165, 1.54) is 7.11 Å². The minimum Gasteiger partial charge on any atom is -0.545 e. The van der Waals surface area contributed by atoms with Crippen LogP contribution in [0.3, 0.4) is 0 Å². The van der Waals surface area contributed by atoms with Gasteiger partial charge in [-0.1, -0.05) is 18.2 Å². The average Bonchev–Trinajstić information content (AvgIpc) is 2.63. The molecule has 1 aliphatic carbocycles. The van der Waals surface area contributed by atoms with Gasteiger partial charge in [-0.2, -0.15) is 0 Å². The first kappa shape index (κ1) is 19.7. The van der Waals surface area contributed by atoms with Crippen LogP contribution in [-0.4, -0.2) is 25.0 Å². The molecule has 0 unspecified atom stereocenters. The summed E-state index contributed by atoms with van der Waals surface area (Å²) in [4.78, 5) is 35.9. The van der Waals surface area contributed by atoms with Crippen LogP contribution < -0.4 is 10.4 Å². The summed E-state index contributed by atoms with van der Waals surface area (Å²) in [6, 6.07) is 5.08. The number of methoxy groups -OCH3 is 1. The van der Waals surface area contributed by atoms with E-state index in [0.29, 0.717) is 12.8 Å². The predicted octanol–water partition coefficient (Wildman–Crippen LogP) is 1.64. The molecule has 0 heterocycles. The molecular formula is C20H24NO5-. The second-order valence-corrected chi connectivity index (χ2v) is 6.55. The first-order valence-electron chi connectivity index (χ1n) is 8.72. The summed E-state index contributed by atoms with van der Waals surface area (Å²) in [5, 5.41) is 14.2. The van der Waals surface area contributed by atoms with Crippen molar-refractivity contribution in [2.75, 3.05) is 7.11 Å². The Morgan fingerprint density at radius 1 is 1.15 bits per heavy atom. The normalized spacial score (nSPS) is 15.3. The lowest BCUT2D eigenvalue weighted by Gasteiger charge is -2.25. The number of aryl methyl sites for hydroxylation is 1. The number of carbonyl (C=O) groups excluding carboxylic acids is 3. The first-order chi connectivity index (χ1) is 12.3. The molecule has 0 fully saturated rings. The number of rotatable bonds is 6. The minimum atomic E-state index is -1.30. The van der Waals surface area contributed by atoms with E-state index in [1.807, 2.05) is 32.0 Å². The number of ether oxygens (including phenoxy) is 1. The zero-order valence-electron chi connectivity index (χ0n) is 15.4. The SMILES string of the molecule is COC(=O)C[C@H](NC(=O)C1=C(C(=O)[O-])CCCC1)c1cccc(C)c1C. The van der Waals surface area contributed by atoms with Gasteiger partial charge in [0.25, 0.3) is 0 Å². The molecule has 26 heavy (non-hydrogen) atoms. The molecule has 1 aromatic carbocycles. The van der Waals surface area contributed by atoms with Crippen LogP contribution in [0.25, 0.3) is 0 Å². The van der Waals surface area contributed by atoms with E-state index in [2.05, 4.69) is 5.32 Å². The number of aliphatic carboxylic acids is 1. The highest BCUT2D eigenvalue weighted by Gasteiger charge is 2.25. The highest BCUT2D eigenvalue weighted by atomic mass is 16.5. The Morgan fingerprint density at radius 3 is 2.42 bits per heavy atom. The van der Waals surface area contributed by atoms with E-state index in [1.54, 1.807) is 0 Å². The van der Waals surface area contributed by atoms with Crippen molar-refractivity contribution in [2.45, 2.75) is 52.0 Å². The van der Waals surface area contributed by atoms with Crippen molar-refractivity contribution >= 4 is 17.8 Å². The van der Waals surface area contributed by atoms with Crippen LogP contribution in [0, 0.1) is 13.8 Å². The molecule has 0 aromatic heterocycles. The van der Waals surface area contributed by atoms with Gasteiger partial charge in [-0.3, -0.25) is 9.59 Å². The van der Waals surface area contributed by atoms with Gasteiger partial charge in [-0.05, 0) is 61.8 Å². The number of carboxylic acids is 1. The zero-order valence-corrected chi connectivity index (χ0v) is 15.4. The maximum atomic E-state index is 12.8. The van der Waals surface area contributed by atoms with Crippen molar-refractivity contribution in [3.8, 4) is 0 Å². The van der Waals surface area contributed by atoms with Gasteiger partial charge in [0.15, 0.2) is 0 Å². The van der Waals surface area contributed by atoms with Gasteiger partial charge in [0.2, 0.25) is 5.91 Å². The highest BCUT2D eigenvalue weighted by molar-refractivity contribution is 6.02. The van der Waals surface area contributed by atoms with Gasteiger partial charge < -0.3 is 20.0 Å². The van der Waals surface area contributed by atoms with E-state index >= 15 is 0 Å². The Bertz CT molecular complexity index is 751. The largest absolute Gasteiger partial charge is 0.545 e. The van der Waals surface area contributed by atoms with Crippen LogP contribution in [0.1, 0.15) is 54.8 Å². The Morgan fingerprint density at radius 2 is 1.81 bits per heavy atom. The van der Waals surface area contributed by atoms with E-state index in [4.69, 9.17) is 4.74 Å². The number of carbonyl (C=O) groups is 3. The molecule has 6 heteroatoms. The van der Waals surface area contributed by atoms with E-state index in [0.717, 1.165) is 29.5 Å². The summed E-state index contributed by atoms with van der Waals surface area (Å²) < 4.78 is 4.75. The fourth-order valence-electron chi connectivity index (χ4n) is 3.27. The lowest BCUT2D eigenvalue weighted by molar-refractivity contribution is -0.299. The number of amides is 1. The Balaban J connectivity index is 2.34. The summed E-state index contributed by atoms with van der Waals surface area (Å²) in [5.74, 6) is -2.21. The molecule has 0 spiro atoms. The molecule has 2 rings (SSSR count). The number of hydrogen-bond acceptors (Lipinski definition) is 5. The van der Waals surface area contributed by atoms with Crippen LogP contribution in [-0.2, 0) is 19.1 Å². The van der Waals surface area contributed by atoms with Gasteiger partial charge in [-0.25, -0.2) is 0 Å². The number of benzene rings is 1. The molecule has 0 saturated heterocycles. The molecule has 1 amide bonds. The fraction of sp³-hybridized carbons (Fsp3) is 0.450. The smallest absolute Gasteiger partial charge is 0.307 e. The van der Waals surface area contributed by atoms with Crippen molar-refractivity contribution in [1.29, 1.82) is 0 Å². The minimum absolute atomic E-state index is 0.0273. The fourth-order valence-corrected chi connectivity index (χ4v) is 3.27. The Hall–Kier alpha value is -2.63. The molecule has 1 aliphatic rings. The number of carboxylic acid groups (broad SMARTS) is 1. The molecule has 0 bridgehead atoms. The lowest BCUT2D eigenvalue weighted by Crippen LogP contribution is -2.35. The van der Waals surface area contributed by atoms with Crippen molar-refractivity contribution in [2.24, 2.45) is 0 Å². The van der Waals surface area contributed by atoms with E-state index in [9.17, 15) is 19.5 Å². The summed E-state index contributed by atoms with van der Waals surface area (Å²) in [5.41, 5.74) is 3.14. The molecule has 1 atom stereocenters. The van der Waals surface area contributed by atoms with Crippen molar-refractivity contribution in [1.82, 2.24) is 5.32 Å². The van der Waals surface area contributed by atoms with Gasteiger partial charge in [0, 0.05) is 5.57 Å². The predicted molar refractivity (Wildman–Crippen MR) is 93.9 cm³/mol. The van der Waals surface area contributed by atoms with E-state index < -0.39 is 23.9 Å². The summed E-state index contributed by atoms with van der Waals surface area (Å²) in [7, 11) is 1.29. The topological polar surface area (TPSA) is 95.5 Å². The van der Waals surface area contributed by atoms with Crippen LogP contribution in [0.15, 0.2) is 29.3 Å². The molecule has 140 valence electrons. The third kappa shape index (κ3) is 4.50. The number of nitrogens with one attached hydrogen (secondary N) is 1. The van der Waals surface area contributed by atoms with Crippen LogP contribution >= 0.6 is 0 Å². The number of esters is 1. The van der Waals surface area contributed by atoms with Gasteiger partial charge in [0.1, 0.15) is 0 Å². The quantitative estimate of drug-likeness (QED) is 0.780. The third-order valence-electron chi connectivity index (χ3n) is 4.91. The first-order valence-corrected chi connectivity index (χ1v) is 8.72. The second kappa shape index (κ2) is 8.65. The molecule has 1 aromatic rings. The van der Waals surface area contributed by atoms with Crippen molar-refractivity contribution in [3.63, 3.8) is 0 Å². The average molecular weight is 358 g/mol. The Kier molecular flexibility index (Phi) is 6.55. The van der Waals surface area contributed by atoms with Crippen molar-refractivity contribution < 1.29 is 24.2 Å². The molecule has 0 radical (unpaired) electrons. The van der Waals surface area contributed by atoms with Crippen LogP contribution in [0.2, 0.25) is 0 Å². The van der Waals surface area contributed by atoms with Crippen LogP contribution in [0.4, 0.5) is 0 Å². The Labute approximate surface area is 153 Å². The van der Waals surface area contributed by atoms with Gasteiger partial charge in [-0.15, -0.1) is 0 Å². The zero-order chi connectivity index (χ0) is 19.3. The summed E-state index contributed by atoms with van der Waals surface area (Å²) in [6.45, 7) is 3.88. The van der Waals surface area contributed by atoms with Crippen molar-refractivity contribution in [3.05, 3.63) is 46.0 Å². The van der Waals surface area contributed by atoms with Gasteiger partial charge >= 0.3 is 5.97 Å². The van der Waals surface area contributed by atoms with E-state index in [-0.39, 0.29) is 17.6 Å². The molecule has 1 N–H and O–H groups in total. The highest BCUT2D eigenvalue weighted by Crippen LogP contribution is 2.28. The maximum Gasteiger partial charge on any atom is 0.307 e. The van der Waals surface area contributed by atoms with Gasteiger partial charge in [0.05, 0.1) is 25.5 Å². The molecule has 0 saturated carbocycles. The summed E-state index contributed by atoms with van der Waals surface area (Å²) >= 11 is 0. The lowest BCUT2D eigenvalue weighted by atomic mass is 9.90. The van der Waals surface area contributed by atoms with Crippen LogP contribution in [0.5, 0.6) is 0 Å². The molecular weight excluding hydrogens is 334 g/mol. The monoisotopic (exact) mass is 358 g/mol.